The van der Waals surface area contributed by atoms with E-state index in [4.69, 9.17) is 9.72 Å². The van der Waals surface area contributed by atoms with Gasteiger partial charge in [0, 0.05) is 29.1 Å². The molecule has 3 aromatic carbocycles. The molecule has 2 aromatic heterocycles. The van der Waals surface area contributed by atoms with Gasteiger partial charge in [-0.3, -0.25) is 9.59 Å². The highest BCUT2D eigenvalue weighted by atomic mass is 16.5. The normalized spacial score (nSPS) is 17.0. The van der Waals surface area contributed by atoms with Crippen LogP contribution in [-0.2, 0) is 9.53 Å². The van der Waals surface area contributed by atoms with Gasteiger partial charge in [-0.05, 0) is 29.7 Å². The van der Waals surface area contributed by atoms with Crippen molar-refractivity contribution >= 4 is 17.2 Å². The van der Waals surface area contributed by atoms with Gasteiger partial charge in [-0.15, -0.1) is 0 Å². The zero-order chi connectivity index (χ0) is 24.6. The molecule has 0 N–H and O–H groups in total. The quantitative estimate of drug-likeness (QED) is 0.279. The predicted octanol–water partition coefficient (Wildman–Crippen LogP) is 6.12. The van der Waals surface area contributed by atoms with Crippen LogP contribution in [0.2, 0.25) is 0 Å². The van der Waals surface area contributed by atoms with Crippen LogP contribution < -0.4 is 0 Å². The molecular formula is C31H24N2O3. The molecule has 5 heteroatoms. The summed E-state index contributed by atoms with van der Waals surface area (Å²) in [5, 5.41) is 0. The highest BCUT2D eigenvalue weighted by Crippen LogP contribution is 2.33. The average Bonchev–Trinajstić information content (AvgIpc) is 3.33. The van der Waals surface area contributed by atoms with Crippen molar-refractivity contribution in [1.82, 2.24) is 9.38 Å². The Labute approximate surface area is 209 Å². The van der Waals surface area contributed by atoms with Crippen molar-refractivity contribution in [3.05, 3.63) is 109 Å². The number of carbonyl (C=O) groups excluding carboxylic acids is 2. The van der Waals surface area contributed by atoms with Crippen LogP contribution in [0.5, 0.6) is 0 Å². The molecule has 1 fully saturated rings. The molecule has 5 nitrogen and oxygen atoms in total. The lowest BCUT2D eigenvalue weighted by Gasteiger charge is -2.33. The molecule has 1 aliphatic heterocycles. The highest BCUT2D eigenvalue weighted by Gasteiger charge is 2.41. The number of ether oxygens (including phenoxy) is 1. The van der Waals surface area contributed by atoms with Gasteiger partial charge in [0.2, 0.25) is 0 Å². The number of hydrogen-bond acceptors (Lipinski definition) is 4. The number of fused-ring (bicyclic) bond motifs is 1. The molecule has 0 saturated carbocycles. The monoisotopic (exact) mass is 472 g/mol. The molecule has 6 rings (SSSR count). The fraction of sp³-hybridized carbons (Fsp3) is 0.129. The largest absolute Gasteiger partial charge is 0.369 e. The van der Waals surface area contributed by atoms with E-state index in [0.29, 0.717) is 12.2 Å². The van der Waals surface area contributed by atoms with Crippen molar-refractivity contribution in [3.8, 4) is 33.5 Å². The number of nitrogens with zero attached hydrogens (tertiary/aromatic N) is 2. The number of benzene rings is 3. The zero-order valence-electron chi connectivity index (χ0n) is 19.8. The molecule has 1 saturated heterocycles. The summed E-state index contributed by atoms with van der Waals surface area (Å²) >= 11 is 0. The van der Waals surface area contributed by atoms with Crippen LogP contribution in [-0.4, -0.2) is 33.7 Å². The second-order valence-electron chi connectivity index (χ2n) is 9.14. The Balaban J connectivity index is 1.40. The molecule has 3 heterocycles. The maximum absolute atomic E-state index is 12.9. The Kier molecular flexibility index (Phi) is 5.55. The van der Waals surface area contributed by atoms with Crippen molar-refractivity contribution in [2.75, 3.05) is 6.61 Å². The standard InChI is InChI=1S/C31H24N2O3/c1-20(34)30-27(19-36-30)29(35)24-14-12-21(13-15-24)25-16-26(22-8-4-2-5-9-22)31-32-28(18-33(31)17-25)23-10-6-3-7-11-23/h2-18,27,30H,19H2,1H3. The van der Waals surface area contributed by atoms with Gasteiger partial charge in [0.05, 0.1) is 18.2 Å². The number of carbonyl (C=O) groups is 2. The van der Waals surface area contributed by atoms with Gasteiger partial charge in [0.15, 0.2) is 11.6 Å². The van der Waals surface area contributed by atoms with E-state index < -0.39 is 12.0 Å². The summed E-state index contributed by atoms with van der Waals surface area (Å²) < 4.78 is 7.36. The van der Waals surface area contributed by atoms with Crippen LogP contribution >= 0.6 is 0 Å². The van der Waals surface area contributed by atoms with Gasteiger partial charge in [-0.25, -0.2) is 4.98 Å². The summed E-state index contributed by atoms with van der Waals surface area (Å²) in [6.07, 6.45) is 3.51. The van der Waals surface area contributed by atoms with E-state index in [0.717, 1.165) is 39.2 Å². The van der Waals surface area contributed by atoms with E-state index in [9.17, 15) is 9.59 Å². The maximum Gasteiger partial charge on any atom is 0.171 e. The van der Waals surface area contributed by atoms with Crippen molar-refractivity contribution in [3.63, 3.8) is 0 Å². The fourth-order valence-corrected chi connectivity index (χ4v) is 4.78. The summed E-state index contributed by atoms with van der Waals surface area (Å²) in [6.45, 7) is 1.76. The minimum atomic E-state index is -0.618. The minimum absolute atomic E-state index is 0.0458. The molecule has 2 atom stereocenters. The van der Waals surface area contributed by atoms with Crippen molar-refractivity contribution in [2.24, 2.45) is 5.92 Å². The molecule has 176 valence electrons. The lowest BCUT2D eigenvalue weighted by atomic mass is 9.87. The van der Waals surface area contributed by atoms with Gasteiger partial charge in [-0.1, -0.05) is 84.9 Å². The smallest absolute Gasteiger partial charge is 0.171 e. The van der Waals surface area contributed by atoms with Gasteiger partial charge < -0.3 is 9.14 Å². The Bertz CT molecular complexity index is 1570. The SMILES string of the molecule is CC(=O)C1OCC1C(=O)c1ccc(-c2cc(-c3ccccc3)c3nc(-c4ccccc4)cn3c2)cc1. The lowest BCUT2D eigenvalue weighted by molar-refractivity contribution is -0.149. The molecule has 0 radical (unpaired) electrons. The van der Waals surface area contributed by atoms with Crippen molar-refractivity contribution in [1.29, 1.82) is 0 Å². The molecular weight excluding hydrogens is 448 g/mol. The number of aromatic nitrogens is 2. The summed E-state index contributed by atoms with van der Waals surface area (Å²) in [5.74, 6) is -0.541. The molecule has 0 aliphatic carbocycles. The Morgan fingerprint density at radius 1 is 0.806 bits per heavy atom. The summed E-state index contributed by atoms with van der Waals surface area (Å²) in [5.41, 5.74) is 7.59. The second-order valence-corrected chi connectivity index (χ2v) is 9.14. The number of rotatable bonds is 6. The first-order valence-corrected chi connectivity index (χ1v) is 12.0. The first-order chi connectivity index (χ1) is 17.6. The van der Waals surface area contributed by atoms with Gasteiger partial charge in [-0.2, -0.15) is 0 Å². The van der Waals surface area contributed by atoms with E-state index in [1.807, 2.05) is 60.7 Å². The van der Waals surface area contributed by atoms with E-state index in [1.54, 1.807) is 0 Å². The molecule has 0 amide bonds. The third kappa shape index (κ3) is 3.93. The highest BCUT2D eigenvalue weighted by molar-refractivity contribution is 6.02. The third-order valence-electron chi connectivity index (χ3n) is 6.77. The van der Waals surface area contributed by atoms with E-state index in [-0.39, 0.29) is 11.6 Å². The van der Waals surface area contributed by atoms with Crippen LogP contribution in [0.3, 0.4) is 0 Å². The first-order valence-electron chi connectivity index (χ1n) is 12.0. The minimum Gasteiger partial charge on any atom is -0.369 e. The average molecular weight is 473 g/mol. The predicted molar refractivity (Wildman–Crippen MR) is 140 cm³/mol. The number of imidazole rings is 1. The summed E-state index contributed by atoms with van der Waals surface area (Å²) in [4.78, 5) is 29.5. The van der Waals surface area contributed by atoms with Gasteiger partial charge in [0.1, 0.15) is 11.8 Å². The van der Waals surface area contributed by atoms with Gasteiger partial charge in [0.25, 0.3) is 0 Å². The Morgan fingerprint density at radius 3 is 2.08 bits per heavy atom. The summed E-state index contributed by atoms with van der Waals surface area (Å²) in [7, 11) is 0. The van der Waals surface area contributed by atoms with Crippen LogP contribution in [0.25, 0.3) is 39.2 Å². The van der Waals surface area contributed by atoms with Crippen LogP contribution in [0.1, 0.15) is 17.3 Å². The Morgan fingerprint density at radius 2 is 1.47 bits per heavy atom. The van der Waals surface area contributed by atoms with E-state index >= 15 is 0 Å². The third-order valence-corrected chi connectivity index (χ3v) is 6.77. The van der Waals surface area contributed by atoms with E-state index in [2.05, 4.69) is 47.1 Å². The molecule has 5 aromatic rings. The van der Waals surface area contributed by atoms with E-state index in [1.165, 1.54) is 6.92 Å². The first kappa shape index (κ1) is 22.1. The fourth-order valence-electron chi connectivity index (χ4n) is 4.78. The zero-order valence-corrected chi connectivity index (χ0v) is 19.8. The lowest BCUT2D eigenvalue weighted by Crippen LogP contribution is -2.48. The topological polar surface area (TPSA) is 60.7 Å². The molecule has 36 heavy (non-hydrogen) atoms. The Hall–Kier alpha value is -4.35. The molecule has 0 bridgehead atoms. The molecule has 0 spiro atoms. The van der Waals surface area contributed by atoms with Crippen LogP contribution in [0.15, 0.2) is 103 Å². The molecule has 1 aliphatic rings. The number of ketones is 2. The maximum atomic E-state index is 12.9. The van der Waals surface area contributed by atoms with Crippen molar-refractivity contribution in [2.45, 2.75) is 13.0 Å². The van der Waals surface area contributed by atoms with Crippen molar-refractivity contribution < 1.29 is 14.3 Å². The number of Topliss-reactive ketones (excluding diaryl/α,β-unsaturated/α-hetero) is 2. The molecule has 2 unspecified atom stereocenters. The number of hydrogen-bond donors (Lipinski definition) is 0. The second kappa shape index (κ2) is 9.02. The van der Waals surface area contributed by atoms with Gasteiger partial charge >= 0.3 is 0 Å². The summed E-state index contributed by atoms with van der Waals surface area (Å²) in [6, 6.07) is 30.1. The number of pyridine rings is 1. The van der Waals surface area contributed by atoms with Crippen LogP contribution in [0.4, 0.5) is 0 Å². The van der Waals surface area contributed by atoms with Crippen LogP contribution in [0, 0.1) is 5.92 Å².